The molecule has 2 N–H and O–H groups in total. The third-order valence-electron chi connectivity index (χ3n) is 5.64. The van der Waals surface area contributed by atoms with E-state index >= 15 is 0 Å². The summed E-state index contributed by atoms with van der Waals surface area (Å²) < 4.78 is 1.95. The molecule has 0 fully saturated rings. The molecule has 0 saturated heterocycles. The highest BCUT2D eigenvalue weighted by Crippen LogP contribution is 2.32. The van der Waals surface area contributed by atoms with Crippen molar-refractivity contribution >= 4 is 11.6 Å². The minimum atomic E-state index is -0.356. The zero-order valence-electron chi connectivity index (χ0n) is 17.6. The van der Waals surface area contributed by atoms with Crippen molar-refractivity contribution in [2.24, 2.45) is 0 Å². The number of hydrogen-bond donors (Lipinski definition) is 2. The Morgan fingerprint density at radius 3 is 2.29 bits per heavy atom. The lowest BCUT2D eigenvalue weighted by molar-refractivity contribution is 0.0936. The molecule has 0 spiro atoms. The first-order valence-corrected chi connectivity index (χ1v) is 10.4. The van der Waals surface area contributed by atoms with Gasteiger partial charge in [0.1, 0.15) is 6.17 Å². The van der Waals surface area contributed by atoms with Crippen LogP contribution in [-0.2, 0) is 6.54 Å². The monoisotopic (exact) mass is 408 g/mol. The molecule has 154 valence electrons. The molecule has 1 aromatic heterocycles. The zero-order chi connectivity index (χ0) is 21.4. The first kappa shape index (κ1) is 19.1. The molecule has 5 heteroatoms. The zero-order valence-corrected chi connectivity index (χ0v) is 17.6. The average Bonchev–Trinajstić information content (AvgIpc) is 3.20. The lowest BCUT2D eigenvalue weighted by Crippen LogP contribution is -2.38. The topological polar surface area (TPSA) is 59.0 Å². The first-order chi connectivity index (χ1) is 15.1. The maximum Gasteiger partial charge on any atom is 0.255 e. The summed E-state index contributed by atoms with van der Waals surface area (Å²) in [5.41, 5.74) is 7.93. The quantitative estimate of drug-likeness (QED) is 0.496. The smallest absolute Gasteiger partial charge is 0.255 e. The van der Waals surface area contributed by atoms with E-state index in [-0.39, 0.29) is 12.1 Å². The van der Waals surface area contributed by atoms with E-state index in [2.05, 4.69) is 73.0 Å². The standard InChI is InChI=1S/C26H24N4O/c1-17-7-11-19(12-8-17)15-30-16-22(24(29-30)20-13-9-18(2)10-14-20)25-27-23-6-4-3-5-21(23)26(31)28-25/h3-14,16,25,27H,15H2,1-2H3,(H,28,31)/t25-/m1/s1. The molecule has 2 heterocycles. The number of aryl methyl sites for hydroxylation is 2. The van der Waals surface area contributed by atoms with E-state index in [4.69, 9.17) is 5.10 Å². The van der Waals surface area contributed by atoms with Crippen LogP contribution in [0.3, 0.4) is 0 Å². The summed E-state index contributed by atoms with van der Waals surface area (Å²) >= 11 is 0. The summed E-state index contributed by atoms with van der Waals surface area (Å²) in [4.78, 5) is 12.7. The van der Waals surface area contributed by atoms with Crippen molar-refractivity contribution in [3.63, 3.8) is 0 Å². The number of aromatic nitrogens is 2. The van der Waals surface area contributed by atoms with E-state index in [1.807, 2.05) is 35.1 Å². The largest absolute Gasteiger partial charge is 0.361 e. The number of rotatable bonds is 4. The van der Waals surface area contributed by atoms with Crippen LogP contribution in [0.5, 0.6) is 0 Å². The molecule has 0 radical (unpaired) electrons. The van der Waals surface area contributed by atoms with Crippen LogP contribution in [0.1, 0.15) is 38.8 Å². The van der Waals surface area contributed by atoms with E-state index in [0.29, 0.717) is 12.1 Å². The van der Waals surface area contributed by atoms with Crippen LogP contribution in [0.2, 0.25) is 0 Å². The Kier molecular flexibility index (Phi) is 4.79. The van der Waals surface area contributed by atoms with Crippen LogP contribution in [0.4, 0.5) is 5.69 Å². The number of carbonyl (C=O) groups excluding carboxylic acids is 1. The van der Waals surface area contributed by atoms with Crippen LogP contribution < -0.4 is 10.6 Å². The molecule has 3 aromatic carbocycles. The number of benzene rings is 3. The van der Waals surface area contributed by atoms with Gasteiger partial charge in [0.2, 0.25) is 0 Å². The summed E-state index contributed by atoms with van der Waals surface area (Å²) in [6.45, 7) is 4.82. The van der Waals surface area contributed by atoms with Crippen LogP contribution in [0.15, 0.2) is 79.0 Å². The fourth-order valence-electron chi connectivity index (χ4n) is 3.91. The second-order valence-electron chi connectivity index (χ2n) is 8.08. The van der Waals surface area contributed by atoms with Gasteiger partial charge in [0.15, 0.2) is 0 Å². The number of nitrogens with one attached hydrogen (secondary N) is 2. The molecule has 0 bridgehead atoms. The van der Waals surface area contributed by atoms with E-state index in [0.717, 1.165) is 22.5 Å². The van der Waals surface area contributed by atoms with Gasteiger partial charge in [-0.25, -0.2) is 0 Å². The average molecular weight is 409 g/mol. The van der Waals surface area contributed by atoms with Crippen molar-refractivity contribution in [2.45, 2.75) is 26.6 Å². The summed E-state index contributed by atoms with van der Waals surface area (Å²) in [5, 5.41) is 11.5. The Morgan fingerprint density at radius 1 is 0.871 bits per heavy atom. The fourth-order valence-corrected chi connectivity index (χ4v) is 3.91. The fraction of sp³-hybridized carbons (Fsp3) is 0.154. The van der Waals surface area contributed by atoms with E-state index in [9.17, 15) is 4.79 Å². The minimum Gasteiger partial charge on any atom is -0.361 e. The molecule has 1 aliphatic rings. The van der Waals surface area contributed by atoms with Crippen molar-refractivity contribution in [2.75, 3.05) is 5.32 Å². The van der Waals surface area contributed by atoms with Gasteiger partial charge in [-0.15, -0.1) is 0 Å². The predicted molar refractivity (Wildman–Crippen MR) is 123 cm³/mol. The molecule has 5 nitrogen and oxygen atoms in total. The Labute approximate surface area is 181 Å². The third kappa shape index (κ3) is 3.82. The highest BCUT2D eigenvalue weighted by molar-refractivity contribution is 6.01. The number of para-hydroxylation sites is 1. The highest BCUT2D eigenvalue weighted by Gasteiger charge is 2.28. The maximum atomic E-state index is 12.7. The van der Waals surface area contributed by atoms with Gasteiger partial charge in [0.25, 0.3) is 5.91 Å². The van der Waals surface area contributed by atoms with Crippen molar-refractivity contribution in [3.8, 4) is 11.3 Å². The normalized spacial score (nSPS) is 15.2. The van der Waals surface area contributed by atoms with Gasteiger partial charge in [-0.1, -0.05) is 71.8 Å². The van der Waals surface area contributed by atoms with E-state index in [1.165, 1.54) is 16.7 Å². The Bertz CT molecular complexity index is 1240. The number of carbonyl (C=O) groups is 1. The SMILES string of the molecule is Cc1ccc(Cn2cc([C@H]3NC(=O)c4ccccc4N3)c(-c3ccc(C)cc3)n2)cc1. The first-order valence-electron chi connectivity index (χ1n) is 10.4. The Balaban J connectivity index is 1.55. The van der Waals surface area contributed by atoms with Crippen LogP contribution >= 0.6 is 0 Å². The lowest BCUT2D eigenvalue weighted by atomic mass is 10.0. The molecule has 4 aromatic rings. The van der Waals surface area contributed by atoms with Crippen molar-refractivity contribution in [1.29, 1.82) is 0 Å². The summed E-state index contributed by atoms with van der Waals surface area (Å²) in [7, 11) is 0. The van der Waals surface area contributed by atoms with E-state index in [1.54, 1.807) is 0 Å². The van der Waals surface area contributed by atoms with Gasteiger partial charge in [0, 0.05) is 23.0 Å². The summed E-state index contributed by atoms with van der Waals surface area (Å²) in [6, 6.07) is 24.4. The molecule has 5 rings (SSSR count). The second kappa shape index (κ2) is 7.76. The third-order valence-corrected chi connectivity index (χ3v) is 5.64. The second-order valence-corrected chi connectivity index (χ2v) is 8.08. The molecule has 0 saturated carbocycles. The van der Waals surface area contributed by atoms with Gasteiger partial charge in [-0.3, -0.25) is 9.48 Å². The number of hydrogen-bond acceptors (Lipinski definition) is 3. The van der Waals surface area contributed by atoms with Gasteiger partial charge >= 0.3 is 0 Å². The number of amides is 1. The van der Waals surface area contributed by atoms with Crippen molar-refractivity contribution in [3.05, 3.63) is 107 Å². The summed E-state index contributed by atoms with van der Waals surface area (Å²) in [5.74, 6) is -0.0829. The Morgan fingerprint density at radius 2 is 1.55 bits per heavy atom. The van der Waals surface area contributed by atoms with Crippen LogP contribution in [-0.4, -0.2) is 15.7 Å². The Hall–Kier alpha value is -3.86. The van der Waals surface area contributed by atoms with Gasteiger partial charge in [-0.05, 0) is 31.5 Å². The summed E-state index contributed by atoms with van der Waals surface area (Å²) in [6.07, 6.45) is 1.67. The maximum absolute atomic E-state index is 12.7. The molecule has 1 aliphatic heterocycles. The molecule has 1 atom stereocenters. The molecular formula is C26H24N4O. The molecule has 1 amide bonds. The molecule has 0 unspecified atom stereocenters. The highest BCUT2D eigenvalue weighted by atomic mass is 16.2. The van der Waals surface area contributed by atoms with Gasteiger partial charge in [-0.2, -0.15) is 5.10 Å². The van der Waals surface area contributed by atoms with Crippen molar-refractivity contribution < 1.29 is 4.79 Å². The van der Waals surface area contributed by atoms with E-state index < -0.39 is 0 Å². The number of nitrogens with zero attached hydrogens (tertiary/aromatic N) is 2. The van der Waals surface area contributed by atoms with Crippen molar-refractivity contribution in [1.82, 2.24) is 15.1 Å². The molecule has 31 heavy (non-hydrogen) atoms. The van der Waals surface area contributed by atoms with Gasteiger partial charge < -0.3 is 10.6 Å². The number of fused-ring (bicyclic) bond motifs is 1. The van der Waals surface area contributed by atoms with Crippen LogP contribution in [0, 0.1) is 13.8 Å². The van der Waals surface area contributed by atoms with Gasteiger partial charge in [0.05, 0.1) is 17.8 Å². The number of anilines is 1. The minimum absolute atomic E-state index is 0.0829. The van der Waals surface area contributed by atoms with Crippen LogP contribution in [0.25, 0.3) is 11.3 Å². The predicted octanol–water partition coefficient (Wildman–Crippen LogP) is 5.07. The lowest BCUT2D eigenvalue weighted by Gasteiger charge is -2.27. The molecule has 0 aliphatic carbocycles. The molecular weight excluding hydrogens is 384 g/mol.